The van der Waals surface area contributed by atoms with Crippen LogP contribution in [-0.2, 0) is 16.0 Å². The van der Waals surface area contributed by atoms with Gasteiger partial charge in [-0.3, -0.25) is 9.59 Å². The third kappa shape index (κ3) is 3.97. The molecular formula is C18H17N3O2S. The smallest absolute Gasteiger partial charge is 0.245 e. The Balaban J connectivity index is 1.53. The Morgan fingerprint density at radius 2 is 1.83 bits per heavy atom. The maximum Gasteiger partial charge on any atom is 0.245 e. The molecule has 0 atom stereocenters. The van der Waals surface area contributed by atoms with Crippen LogP contribution >= 0.6 is 11.3 Å². The summed E-state index contributed by atoms with van der Waals surface area (Å²) in [5, 5.41) is 5.90. The number of hydrogen-bond donors (Lipinski definition) is 2. The lowest BCUT2D eigenvalue weighted by molar-refractivity contribution is -0.123. The summed E-state index contributed by atoms with van der Waals surface area (Å²) in [6.07, 6.45) is 0.258. The summed E-state index contributed by atoms with van der Waals surface area (Å²) in [5.41, 5.74) is 2.88. The van der Waals surface area contributed by atoms with E-state index < -0.39 is 0 Å². The minimum Gasteiger partial charge on any atom is -0.347 e. The fourth-order valence-electron chi connectivity index (χ4n) is 2.33. The van der Waals surface area contributed by atoms with Crippen molar-refractivity contribution in [3.05, 3.63) is 59.7 Å². The molecule has 5 nitrogen and oxygen atoms in total. The van der Waals surface area contributed by atoms with Gasteiger partial charge in [0.25, 0.3) is 0 Å². The number of aryl methyl sites for hydroxylation is 1. The van der Waals surface area contributed by atoms with Gasteiger partial charge in [-0.15, -0.1) is 0 Å². The van der Waals surface area contributed by atoms with Crippen molar-refractivity contribution in [3.63, 3.8) is 0 Å². The van der Waals surface area contributed by atoms with Gasteiger partial charge in [0.2, 0.25) is 11.8 Å². The number of anilines is 1. The Hall–Kier alpha value is -2.73. The summed E-state index contributed by atoms with van der Waals surface area (Å²) < 4.78 is 1.03. The van der Waals surface area contributed by atoms with Gasteiger partial charge in [0.1, 0.15) is 0 Å². The van der Waals surface area contributed by atoms with Crippen molar-refractivity contribution >= 4 is 38.5 Å². The van der Waals surface area contributed by atoms with Crippen LogP contribution in [0.1, 0.15) is 11.1 Å². The maximum atomic E-state index is 12.0. The highest BCUT2D eigenvalue weighted by Crippen LogP contribution is 2.27. The minimum atomic E-state index is -0.284. The molecule has 0 fully saturated rings. The SMILES string of the molecule is Cc1cccc2sc(NC(=O)CNC(=O)Cc3ccccc3)nc12. The summed E-state index contributed by atoms with van der Waals surface area (Å²) >= 11 is 1.42. The number of carbonyl (C=O) groups is 2. The molecule has 0 bridgehead atoms. The molecule has 1 heterocycles. The Labute approximate surface area is 143 Å². The van der Waals surface area contributed by atoms with Crippen molar-refractivity contribution in [2.45, 2.75) is 13.3 Å². The number of nitrogens with zero attached hydrogens (tertiary/aromatic N) is 1. The molecule has 2 aromatic carbocycles. The Morgan fingerprint density at radius 1 is 1.04 bits per heavy atom. The molecule has 2 amide bonds. The molecular weight excluding hydrogens is 322 g/mol. The summed E-state index contributed by atoms with van der Waals surface area (Å²) in [7, 11) is 0. The van der Waals surface area contributed by atoms with Gasteiger partial charge >= 0.3 is 0 Å². The van der Waals surface area contributed by atoms with Crippen molar-refractivity contribution in [1.29, 1.82) is 0 Å². The van der Waals surface area contributed by atoms with E-state index in [1.165, 1.54) is 11.3 Å². The molecule has 2 N–H and O–H groups in total. The summed E-state index contributed by atoms with van der Waals surface area (Å²) in [6.45, 7) is 1.91. The highest BCUT2D eigenvalue weighted by atomic mass is 32.1. The van der Waals surface area contributed by atoms with Crippen molar-refractivity contribution in [2.24, 2.45) is 0 Å². The number of nitrogens with one attached hydrogen (secondary N) is 2. The van der Waals surface area contributed by atoms with Crippen LogP contribution in [0.25, 0.3) is 10.2 Å². The zero-order valence-corrected chi connectivity index (χ0v) is 14.0. The third-order valence-electron chi connectivity index (χ3n) is 3.52. The molecule has 0 spiro atoms. The molecule has 0 radical (unpaired) electrons. The van der Waals surface area contributed by atoms with Crippen molar-refractivity contribution in [1.82, 2.24) is 10.3 Å². The van der Waals surface area contributed by atoms with Gasteiger partial charge in [-0.05, 0) is 24.1 Å². The largest absolute Gasteiger partial charge is 0.347 e. The first kappa shape index (κ1) is 16.1. The van der Waals surface area contributed by atoms with E-state index in [2.05, 4.69) is 15.6 Å². The lowest BCUT2D eigenvalue weighted by Gasteiger charge is -2.05. The van der Waals surface area contributed by atoms with E-state index in [9.17, 15) is 9.59 Å². The van der Waals surface area contributed by atoms with Crippen LogP contribution in [0.3, 0.4) is 0 Å². The minimum absolute atomic E-state index is 0.0689. The molecule has 24 heavy (non-hydrogen) atoms. The van der Waals surface area contributed by atoms with Crippen molar-refractivity contribution in [3.8, 4) is 0 Å². The molecule has 0 aliphatic heterocycles. The first-order chi connectivity index (χ1) is 11.6. The molecule has 122 valence electrons. The molecule has 0 unspecified atom stereocenters. The molecule has 0 saturated heterocycles. The van der Waals surface area contributed by atoms with Crippen LogP contribution in [0.5, 0.6) is 0 Å². The highest BCUT2D eigenvalue weighted by molar-refractivity contribution is 7.22. The van der Waals surface area contributed by atoms with Gasteiger partial charge in [0.15, 0.2) is 5.13 Å². The van der Waals surface area contributed by atoms with Gasteiger partial charge in [-0.25, -0.2) is 4.98 Å². The third-order valence-corrected chi connectivity index (χ3v) is 4.46. The molecule has 0 aliphatic carbocycles. The fourth-order valence-corrected chi connectivity index (χ4v) is 3.29. The zero-order valence-electron chi connectivity index (χ0n) is 13.2. The summed E-state index contributed by atoms with van der Waals surface area (Å²) in [4.78, 5) is 28.2. The average molecular weight is 339 g/mol. The molecule has 0 saturated carbocycles. The van der Waals surface area contributed by atoms with Crippen LogP contribution in [0, 0.1) is 6.92 Å². The Morgan fingerprint density at radius 3 is 2.58 bits per heavy atom. The number of amides is 2. The normalized spacial score (nSPS) is 10.5. The number of thiazole rings is 1. The van der Waals surface area contributed by atoms with Gasteiger partial charge in [-0.1, -0.05) is 53.8 Å². The van der Waals surface area contributed by atoms with Crippen LogP contribution in [0.4, 0.5) is 5.13 Å². The van der Waals surface area contributed by atoms with E-state index in [0.29, 0.717) is 5.13 Å². The zero-order chi connectivity index (χ0) is 16.9. The predicted molar refractivity (Wildman–Crippen MR) is 96.1 cm³/mol. The molecule has 0 aliphatic rings. The second-order valence-electron chi connectivity index (χ2n) is 5.43. The van der Waals surface area contributed by atoms with E-state index in [1.54, 1.807) is 0 Å². The van der Waals surface area contributed by atoms with Gasteiger partial charge in [0, 0.05) is 0 Å². The number of hydrogen-bond acceptors (Lipinski definition) is 4. The van der Waals surface area contributed by atoms with Crippen LogP contribution in [0.15, 0.2) is 48.5 Å². The van der Waals surface area contributed by atoms with Crippen LogP contribution in [0.2, 0.25) is 0 Å². The van der Waals surface area contributed by atoms with Crippen molar-refractivity contribution in [2.75, 3.05) is 11.9 Å². The van der Waals surface area contributed by atoms with E-state index in [1.807, 2.05) is 55.5 Å². The van der Waals surface area contributed by atoms with Gasteiger partial charge in [0.05, 0.1) is 23.2 Å². The first-order valence-electron chi connectivity index (χ1n) is 7.58. The topological polar surface area (TPSA) is 71.1 Å². The van der Waals surface area contributed by atoms with E-state index in [0.717, 1.165) is 21.3 Å². The lowest BCUT2D eigenvalue weighted by Crippen LogP contribution is -2.33. The summed E-state index contributed by atoms with van der Waals surface area (Å²) in [6, 6.07) is 15.3. The second-order valence-corrected chi connectivity index (χ2v) is 6.46. The second kappa shape index (κ2) is 7.23. The Kier molecular flexibility index (Phi) is 4.86. The number of benzene rings is 2. The van der Waals surface area contributed by atoms with Gasteiger partial charge in [-0.2, -0.15) is 0 Å². The standard InChI is InChI=1S/C18H17N3O2S/c1-12-6-5-9-14-17(12)21-18(24-14)20-16(23)11-19-15(22)10-13-7-3-2-4-8-13/h2-9H,10-11H2,1H3,(H,19,22)(H,20,21,23). The highest BCUT2D eigenvalue weighted by Gasteiger charge is 2.10. The predicted octanol–water partition coefficient (Wildman–Crippen LogP) is 2.90. The average Bonchev–Trinajstić information content (AvgIpc) is 2.98. The van der Waals surface area contributed by atoms with E-state index in [-0.39, 0.29) is 24.8 Å². The molecule has 3 aromatic rings. The maximum absolute atomic E-state index is 12.0. The van der Waals surface area contributed by atoms with E-state index in [4.69, 9.17) is 0 Å². The number of para-hydroxylation sites is 1. The summed E-state index contributed by atoms with van der Waals surface area (Å²) in [5.74, 6) is -0.468. The number of aromatic nitrogens is 1. The van der Waals surface area contributed by atoms with Gasteiger partial charge < -0.3 is 10.6 Å². The van der Waals surface area contributed by atoms with Crippen LogP contribution in [-0.4, -0.2) is 23.3 Å². The first-order valence-corrected chi connectivity index (χ1v) is 8.40. The van der Waals surface area contributed by atoms with Crippen molar-refractivity contribution < 1.29 is 9.59 Å². The molecule has 6 heteroatoms. The Bertz CT molecular complexity index is 874. The lowest BCUT2D eigenvalue weighted by atomic mass is 10.1. The van der Waals surface area contributed by atoms with E-state index >= 15 is 0 Å². The molecule has 1 aromatic heterocycles. The number of carbonyl (C=O) groups excluding carboxylic acids is 2. The monoisotopic (exact) mass is 339 g/mol. The quantitative estimate of drug-likeness (QED) is 0.751. The number of fused-ring (bicyclic) bond motifs is 1. The molecule has 3 rings (SSSR count). The van der Waals surface area contributed by atoms with Crippen LogP contribution < -0.4 is 10.6 Å². The fraction of sp³-hybridized carbons (Fsp3) is 0.167. The number of rotatable bonds is 5.